The minimum atomic E-state index is -0.987. The fourth-order valence-electron chi connectivity index (χ4n) is 1.59. The molecule has 0 radical (unpaired) electrons. The van der Waals surface area contributed by atoms with E-state index in [4.69, 9.17) is 5.11 Å². The number of carbonyl (C=O) groups is 1. The molecule has 20 heavy (non-hydrogen) atoms. The highest BCUT2D eigenvalue weighted by Crippen LogP contribution is 2.30. The average Bonchev–Trinajstić information content (AvgIpc) is 2.43. The quantitative estimate of drug-likeness (QED) is 0.933. The number of aryl methyl sites for hydroxylation is 1. The first-order valence-electron chi connectivity index (χ1n) is 5.78. The van der Waals surface area contributed by atoms with Gasteiger partial charge in [0.2, 0.25) is 0 Å². The number of hydrogen-bond acceptors (Lipinski definition) is 5. The number of aromatic nitrogens is 2. The lowest BCUT2D eigenvalue weighted by atomic mass is 10.1. The maximum absolute atomic E-state index is 10.9. The van der Waals surface area contributed by atoms with Crippen molar-refractivity contribution in [3.63, 3.8) is 0 Å². The summed E-state index contributed by atoms with van der Waals surface area (Å²) >= 11 is 1.23. The van der Waals surface area contributed by atoms with E-state index in [1.165, 1.54) is 17.8 Å². The Labute approximate surface area is 120 Å². The van der Waals surface area contributed by atoms with E-state index in [-0.39, 0.29) is 5.56 Å². The molecule has 2 aromatic rings. The van der Waals surface area contributed by atoms with Gasteiger partial charge in [0.25, 0.3) is 0 Å². The predicted molar refractivity (Wildman–Crippen MR) is 73.7 cm³/mol. The first-order valence-corrected chi connectivity index (χ1v) is 6.59. The van der Waals surface area contributed by atoms with Gasteiger partial charge in [-0.2, -0.15) is 10.4 Å². The van der Waals surface area contributed by atoms with Crippen LogP contribution in [0.15, 0.2) is 34.2 Å². The first kappa shape index (κ1) is 14.0. The van der Waals surface area contributed by atoms with Crippen molar-refractivity contribution in [2.75, 3.05) is 0 Å². The molecule has 1 heterocycles. The van der Waals surface area contributed by atoms with Crippen molar-refractivity contribution in [1.82, 2.24) is 10.2 Å². The predicted octanol–water partition coefficient (Wildman–Crippen LogP) is 2.81. The molecule has 1 aromatic heterocycles. The molecule has 1 aromatic carbocycles. The van der Waals surface area contributed by atoms with E-state index >= 15 is 0 Å². The summed E-state index contributed by atoms with van der Waals surface area (Å²) in [6.45, 7) is 3.61. The topological polar surface area (TPSA) is 86.9 Å². The Hall–Kier alpha value is -2.39. The molecule has 0 bridgehead atoms. The van der Waals surface area contributed by atoms with Crippen molar-refractivity contribution < 1.29 is 9.90 Å². The van der Waals surface area contributed by atoms with Crippen molar-refractivity contribution in [3.05, 3.63) is 46.6 Å². The van der Waals surface area contributed by atoms with Gasteiger partial charge >= 0.3 is 5.97 Å². The SMILES string of the molecule is Cc1nnc(Sc2cccc(C(=O)O)c2)c(C#N)c1C. The third-order valence-electron chi connectivity index (χ3n) is 2.83. The molecule has 0 saturated carbocycles. The molecule has 0 aliphatic carbocycles. The molecule has 1 N–H and O–H groups in total. The molecular weight excluding hydrogens is 274 g/mol. The Kier molecular flexibility index (Phi) is 4.01. The number of aromatic carboxylic acids is 1. The second kappa shape index (κ2) is 5.72. The average molecular weight is 285 g/mol. The highest BCUT2D eigenvalue weighted by molar-refractivity contribution is 7.99. The zero-order valence-electron chi connectivity index (χ0n) is 10.9. The van der Waals surface area contributed by atoms with Crippen LogP contribution in [0.25, 0.3) is 0 Å². The first-order chi connectivity index (χ1) is 9.52. The molecule has 100 valence electrons. The minimum Gasteiger partial charge on any atom is -0.478 e. The Morgan fingerprint density at radius 3 is 2.75 bits per heavy atom. The van der Waals surface area contributed by atoms with Crippen LogP contribution in [0.5, 0.6) is 0 Å². The molecule has 0 spiro atoms. The molecule has 6 heteroatoms. The number of benzene rings is 1. The zero-order chi connectivity index (χ0) is 14.7. The van der Waals surface area contributed by atoms with Crippen molar-refractivity contribution >= 4 is 17.7 Å². The number of carboxylic acids is 1. The van der Waals surface area contributed by atoms with E-state index in [0.29, 0.717) is 21.2 Å². The molecule has 0 amide bonds. The van der Waals surface area contributed by atoms with Crippen LogP contribution >= 0.6 is 11.8 Å². The van der Waals surface area contributed by atoms with Crippen LogP contribution in [0, 0.1) is 25.2 Å². The Bertz CT molecular complexity index is 723. The summed E-state index contributed by atoms with van der Waals surface area (Å²) in [7, 11) is 0. The van der Waals surface area contributed by atoms with E-state index in [1.54, 1.807) is 25.1 Å². The molecule has 2 rings (SSSR count). The van der Waals surface area contributed by atoms with Gasteiger partial charge in [-0.15, -0.1) is 5.10 Å². The highest BCUT2D eigenvalue weighted by atomic mass is 32.2. The Balaban J connectivity index is 2.41. The van der Waals surface area contributed by atoms with Crippen molar-refractivity contribution in [1.29, 1.82) is 5.26 Å². The van der Waals surface area contributed by atoms with Crippen LogP contribution in [-0.2, 0) is 0 Å². The second-order valence-corrected chi connectivity index (χ2v) is 5.20. The van der Waals surface area contributed by atoms with Gasteiger partial charge in [0.15, 0.2) is 0 Å². The van der Waals surface area contributed by atoms with Gasteiger partial charge in [0.05, 0.1) is 16.8 Å². The summed E-state index contributed by atoms with van der Waals surface area (Å²) in [5, 5.41) is 26.7. The molecule has 0 saturated heterocycles. The third kappa shape index (κ3) is 2.78. The summed E-state index contributed by atoms with van der Waals surface area (Å²) in [5.74, 6) is -0.987. The molecule has 0 unspecified atom stereocenters. The third-order valence-corrected chi connectivity index (χ3v) is 3.80. The summed E-state index contributed by atoms with van der Waals surface area (Å²) in [6.07, 6.45) is 0. The van der Waals surface area contributed by atoms with Crippen LogP contribution in [0.3, 0.4) is 0 Å². The van der Waals surface area contributed by atoms with Gasteiger partial charge in [-0.1, -0.05) is 17.8 Å². The maximum atomic E-state index is 10.9. The van der Waals surface area contributed by atoms with Crippen LogP contribution in [0.1, 0.15) is 27.2 Å². The molecule has 0 fully saturated rings. The van der Waals surface area contributed by atoms with E-state index in [2.05, 4.69) is 16.3 Å². The van der Waals surface area contributed by atoms with Gasteiger partial charge in [-0.25, -0.2) is 4.79 Å². The van der Waals surface area contributed by atoms with Crippen LogP contribution in [0.2, 0.25) is 0 Å². The number of nitrogens with zero attached hydrogens (tertiary/aromatic N) is 3. The van der Waals surface area contributed by atoms with Gasteiger partial charge in [0.1, 0.15) is 11.1 Å². The second-order valence-electron chi connectivity index (χ2n) is 4.14. The van der Waals surface area contributed by atoms with E-state index in [0.717, 1.165) is 5.56 Å². The van der Waals surface area contributed by atoms with Gasteiger partial charge in [0, 0.05) is 4.90 Å². The maximum Gasteiger partial charge on any atom is 0.335 e. The molecule has 0 aliphatic heterocycles. The number of carboxylic acid groups (broad SMARTS) is 1. The van der Waals surface area contributed by atoms with Crippen LogP contribution < -0.4 is 0 Å². The largest absolute Gasteiger partial charge is 0.478 e. The number of nitriles is 1. The fraction of sp³-hybridized carbons (Fsp3) is 0.143. The number of hydrogen-bond donors (Lipinski definition) is 1. The minimum absolute atomic E-state index is 0.199. The van der Waals surface area contributed by atoms with E-state index in [1.807, 2.05) is 6.92 Å². The monoisotopic (exact) mass is 285 g/mol. The molecular formula is C14H11N3O2S. The van der Waals surface area contributed by atoms with Gasteiger partial charge in [-0.3, -0.25) is 0 Å². The molecule has 0 aliphatic rings. The molecule has 5 nitrogen and oxygen atoms in total. The normalized spacial score (nSPS) is 10.1. The lowest BCUT2D eigenvalue weighted by molar-refractivity contribution is 0.0696. The van der Waals surface area contributed by atoms with Crippen molar-refractivity contribution in [3.8, 4) is 6.07 Å². The lowest BCUT2D eigenvalue weighted by Crippen LogP contribution is -1.99. The zero-order valence-corrected chi connectivity index (χ0v) is 11.7. The highest BCUT2D eigenvalue weighted by Gasteiger charge is 2.13. The lowest BCUT2D eigenvalue weighted by Gasteiger charge is -2.07. The molecule has 0 atom stereocenters. The Morgan fingerprint density at radius 1 is 1.35 bits per heavy atom. The summed E-state index contributed by atoms with van der Waals surface area (Å²) < 4.78 is 0. The summed E-state index contributed by atoms with van der Waals surface area (Å²) in [6, 6.07) is 8.62. The van der Waals surface area contributed by atoms with E-state index < -0.39 is 5.97 Å². The van der Waals surface area contributed by atoms with Crippen molar-refractivity contribution in [2.24, 2.45) is 0 Å². The summed E-state index contributed by atoms with van der Waals surface area (Å²) in [5.41, 5.74) is 2.18. The smallest absolute Gasteiger partial charge is 0.335 e. The van der Waals surface area contributed by atoms with Crippen molar-refractivity contribution in [2.45, 2.75) is 23.8 Å². The summed E-state index contributed by atoms with van der Waals surface area (Å²) in [4.78, 5) is 11.6. The van der Waals surface area contributed by atoms with E-state index in [9.17, 15) is 10.1 Å². The fourth-order valence-corrected chi connectivity index (χ4v) is 2.53. The van der Waals surface area contributed by atoms with Gasteiger partial charge < -0.3 is 5.11 Å². The standard InChI is InChI=1S/C14H11N3O2S/c1-8-9(2)16-17-13(12(8)7-15)20-11-5-3-4-10(6-11)14(18)19/h3-6H,1-2H3,(H,18,19). The Morgan fingerprint density at radius 2 is 2.10 bits per heavy atom. The van der Waals surface area contributed by atoms with Gasteiger partial charge in [-0.05, 0) is 37.6 Å². The van der Waals surface area contributed by atoms with Crippen LogP contribution in [0.4, 0.5) is 0 Å². The number of rotatable bonds is 3. The van der Waals surface area contributed by atoms with Crippen LogP contribution in [-0.4, -0.2) is 21.3 Å².